The Labute approximate surface area is 140 Å². The van der Waals surface area contributed by atoms with Crippen LogP contribution in [-0.2, 0) is 25.7 Å². The van der Waals surface area contributed by atoms with Gasteiger partial charge in [0.05, 0.1) is 13.7 Å². The van der Waals surface area contributed by atoms with Crippen LogP contribution in [0.1, 0.15) is 19.4 Å². The van der Waals surface area contributed by atoms with E-state index in [9.17, 15) is 14.4 Å². The van der Waals surface area contributed by atoms with Crippen LogP contribution in [0.2, 0.25) is 0 Å². The molecule has 1 rings (SSSR count). The minimum atomic E-state index is -1.07. The highest BCUT2D eigenvalue weighted by molar-refractivity contribution is 5.80. The number of nitrogens with two attached hydrogens (primary N) is 1. The van der Waals surface area contributed by atoms with Gasteiger partial charge in [0.2, 0.25) is 0 Å². The first-order chi connectivity index (χ1) is 11.3. The standard InChI is InChI=1S/C13H17NO4.C3H7NO2/c1-9(2)11(12(15)16)14-13(17)18-8-10-6-4-3-5-7-10;1-6-3(5)2-4/h3-7,9,11H,8H2,1-2H3,(H,14,17)(H,15,16);2,4H2,1H3/t11-;/m0./s1. The molecule has 0 unspecified atom stereocenters. The minimum Gasteiger partial charge on any atom is -0.480 e. The van der Waals surface area contributed by atoms with Crippen LogP contribution in [0.25, 0.3) is 0 Å². The number of carboxylic acids is 1. The first-order valence-electron chi connectivity index (χ1n) is 7.28. The van der Waals surface area contributed by atoms with E-state index in [1.807, 2.05) is 30.3 Å². The highest BCUT2D eigenvalue weighted by Gasteiger charge is 2.23. The molecular formula is C16H24N2O6. The van der Waals surface area contributed by atoms with Crippen LogP contribution in [0.5, 0.6) is 0 Å². The molecule has 134 valence electrons. The van der Waals surface area contributed by atoms with Gasteiger partial charge >= 0.3 is 18.0 Å². The fourth-order valence-electron chi connectivity index (χ4n) is 1.49. The van der Waals surface area contributed by atoms with Crippen molar-refractivity contribution in [2.45, 2.75) is 26.5 Å². The zero-order valence-corrected chi connectivity index (χ0v) is 14.0. The summed E-state index contributed by atoms with van der Waals surface area (Å²) in [4.78, 5) is 32.2. The quantitative estimate of drug-likeness (QED) is 0.662. The van der Waals surface area contributed by atoms with Crippen LogP contribution in [0.15, 0.2) is 30.3 Å². The summed E-state index contributed by atoms with van der Waals surface area (Å²) in [6, 6.07) is 8.25. The molecule has 24 heavy (non-hydrogen) atoms. The van der Waals surface area contributed by atoms with Crippen LogP contribution in [0, 0.1) is 5.92 Å². The number of methoxy groups -OCH3 is 1. The zero-order valence-electron chi connectivity index (χ0n) is 14.0. The third-order valence-electron chi connectivity index (χ3n) is 2.81. The van der Waals surface area contributed by atoms with Gasteiger partial charge in [0.25, 0.3) is 0 Å². The largest absolute Gasteiger partial charge is 0.480 e. The Morgan fingerprint density at radius 1 is 1.21 bits per heavy atom. The Bertz CT molecular complexity index is 513. The van der Waals surface area contributed by atoms with E-state index in [0.717, 1.165) is 5.56 Å². The van der Waals surface area contributed by atoms with Crippen LogP contribution >= 0.6 is 0 Å². The number of nitrogens with one attached hydrogen (secondary N) is 1. The molecule has 0 heterocycles. The molecule has 4 N–H and O–H groups in total. The number of hydrogen-bond donors (Lipinski definition) is 3. The maximum Gasteiger partial charge on any atom is 0.408 e. The Morgan fingerprint density at radius 2 is 1.79 bits per heavy atom. The number of alkyl carbamates (subject to hydrolysis) is 1. The molecule has 0 aliphatic heterocycles. The van der Waals surface area contributed by atoms with Gasteiger partial charge in [0.1, 0.15) is 12.6 Å². The molecule has 0 fully saturated rings. The van der Waals surface area contributed by atoms with Gasteiger partial charge < -0.3 is 25.6 Å². The lowest BCUT2D eigenvalue weighted by Gasteiger charge is -2.17. The maximum atomic E-state index is 11.4. The van der Waals surface area contributed by atoms with Crippen LogP contribution in [-0.4, -0.2) is 42.8 Å². The first-order valence-corrected chi connectivity index (χ1v) is 7.28. The second kappa shape index (κ2) is 11.9. The molecule has 1 aromatic carbocycles. The van der Waals surface area contributed by atoms with Crippen LogP contribution < -0.4 is 11.1 Å². The van der Waals surface area contributed by atoms with E-state index in [4.69, 9.17) is 15.6 Å². The van der Waals surface area contributed by atoms with Gasteiger partial charge in [-0.1, -0.05) is 44.2 Å². The van der Waals surface area contributed by atoms with Crippen molar-refractivity contribution in [3.63, 3.8) is 0 Å². The fourth-order valence-corrected chi connectivity index (χ4v) is 1.49. The molecule has 0 aliphatic rings. The summed E-state index contributed by atoms with van der Waals surface area (Å²) in [6.45, 7) is 3.53. The van der Waals surface area contributed by atoms with Crippen molar-refractivity contribution in [3.8, 4) is 0 Å². The van der Waals surface area contributed by atoms with Crippen molar-refractivity contribution >= 4 is 18.0 Å². The highest BCUT2D eigenvalue weighted by Crippen LogP contribution is 2.04. The third kappa shape index (κ3) is 9.42. The average Bonchev–Trinajstić information content (AvgIpc) is 2.58. The second-order valence-electron chi connectivity index (χ2n) is 5.05. The Balaban J connectivity index is 0.000000754. The van der Waals surface area contributed by atoms with Crippen molar-refractivity contribution in [1.82, 2.24) is 5.32 Å². The van der Waals surface area contributed by atoms with Gasteiger partial charge in [-0.3, -0.25) is 4.79 Å². The second-order valence-corrected chi connectivity index (χ2v) is 5.05. The maximum absolute atomic E-state index is 11.4. The van der Waals surface area contributed by atoms with Crippen molar-refractivity contribution in [2.75, 3.05) is 13.7 Å². The summed E-state index contributed by atoms with van der Waals surface area (Å²) >= 11 is 0. The minimum absolute atomic E-state index is 0.0312. The summed E-state index contributed by atoms with van der Waals surface area (Å²) < 4.78 is 9.08. The van der Waals surface area contributed by atoms with E-state index >= 15 is 0 Å². The van der Waals surface area contributed by atoms with Gasteiger partial charge in [-0.25, -0.2) is 9.59 Å². The summed E-state index contributed by atoms with van der Waals surface area (Å²) in [6.07, 6.45) is -0.722. The zero-order chi connectivity index (χ0) is 18.5. The van der Waals surface area contributed by atoms with Crippen LogP contribution in [0.4, 0.5) is 4.79 Å². The normalized spacial score (nSPS) is 10.9. The molecule has 0 spiro atoms. The Kier molecular flexibility index (Phi) is 10.6. The number of carbonyl (C=O) groups is 3. The predicted molar refractivity (Wildman–Crippen MR) is 87.1 cm³/mol. The number of aliphatic carboxylic acids is 1. The first kappa shape index (κ1) is 21.4. The van der Waals surface area contributed by atoms with E-state index < -0.39 is 18.1 Å². The Morgan fingerprint density at radius 3 is 2.17 bits per heavy atom. The van der Waals surface area contributed by atoms with E-state index in [0.29, 0.717) is 0 Å². The molecule has 1 atom stereocenters. The van der Waals surface area contributed by atoms with Crippen molar-refractivity contribution in [2.24, 2.45) is 11.7 Å². The van der Waals surface area contributed by atoms with Crippen molar-refractivity contribution in [3.05, 3.63) is 35.9 Å². The van der Waals surface area contributed by atoms with Gasteiger partial charge in [-0.15, -0.1) is 0 Å². The lowest BCUT2D eigenvalue weighted by Crippen LogP contribution is -2.44. The molecule has 0 aromatic heterocycles. The molecule has 0 bridgehead atoms. The van der Waals surface area contributed by atoms with E-state index in [2.05, 4.69) is 10.1 Å². The molecule has 0 radical (unpaired) electrons. The number of rotatable bonds is 6. The molecule has 0 aliphatic carbocycles. The van der Waals surface area contributed by atoms with Gasteiger partial charge in [-0.2, -0.15) is 0 Å². The van der Waals surface area contributed by atoms with E-state index in [1.165, 1.54) is 7.11 Å². The summed E-state index contributed by atoms with van der Waals surface area (Å²) in [5.41, 5.74) is 5.66. The molecular weight excluding hydrogens is 316 g/mol. The smallest absolute Gasteiger partial charge is 0.408 e. The Hall–Kier alpha value is -2.61. The van der Waals surface area contributed by atoms with E-state index in [1.54, 1.807) is 13.8 Å². The van der Waals surface area contributed by atoms with Gasteiger partial charge in [-0.05, 0) is 11.5 Å². The molecule has 8 nitrogen and oxygen atoms in total. The number of benzene rings is 1. The molecule has 8 heteroatoms. The number of carboxylic acid groups (broad SMARTS) is 1. The average molecular weight is 340 g/mol. The van der Waals surface area contributed by atoms with Crippen molar-refractivity contribution < 1.29 is 29.0 Å². The van der Waals surface area contributed by atoms with Crippen LogP contribution in [0.3, 0.4) is 0 Å². The van der Waals surface area contributed by atoms with Gasteiger partial charge in [0.15, 0.2) is 0 Å². The topological polar surface area (TPSA) is 128 Å². The molecule has 1 amide bonds. The monoisotopic (exact) mass is 340 g/mol. The van der Waals surface area contributed by atoms with Crippen molar-refractivity contribution in [1.29, 1.82) is 0 Å². The number of ether oxygens (including phenoxy) is 2. The molecule has 1 aromatic rings. The molecule has 0 saturated carbocycles. The lowest BCUT2D eigenvalue weighted by molar-refractivity contribution is -0.140. The number of carbonyl (C=O) groups excluding carboxylic acids is 2. The molecule has 0 saturated heterocycles. The lowest BCUT2D eigenvalue weighted by atomic mass is 10.1. The highest BCUT2D eigenvalue weighted by atomic mass is 16.5. The summed E-state index contributed by atoms with van der Waals surface area (Å²) in [5.74, 6) is -1.65. The predicted octanol–water partition coefficient (Wildman–Crippen LogP) is 1.14. The van der Waals surface area contributed by atoms with Gasteiger partial charge in [0, 0.05) is 0 Å². The summed E-state index contributed by atoms with van der Waals surface area (Å²) in [7, 11) is 1.30. The summed E-state index contributed by atoms with van der Waals surface area (Å²) in [5, 5.41) is 11.2. The SMILES string of the molecule is CC(C)[C@H](NC(=O)OCc1ccccc1)C(=O)O.COC(=O)CN. The number of hydrogen-bond acceptors (Lipinski definition) is 6. The fraction of sp³-hybridized carbons (Fsp3) is 0.438. The third-order valence-corrected chi connectivity index (χ3v) is 2.81. The number of amides is 1. The number of esters is 1. The van der Waals surface area contributed by atoms with E-state index in [-0.39, 0.29) is 25.0 Å².